The lowest BCUT2D eigenvalue weighted by atomic mass is 9.84. The standard InChI is InChI=1S/C15H31NO2S/c1-5-12(4)11-19(17,18)15-10-13(6-2)8-9-14(15)16-7-3/h12-16H,5-11H2,1-4H3. The molecule has 1 aliphatic rings. The minimum atomic E-state index is -2.97. The second-order valence-electron chi connectivity index (χ2n) is 6.13. The third kappa shape index (κ3) is 4.75. The fraction of sp³-hybridized carbons (Fsp3) is 1.00. The van der Waals surface area contributed by atoms with E-state index in [0.717, 1.165) is 32.2 Å². The van der Waals surface area contributed by atoms with Crippen molar-refractivity contribution in [1.82, 2.24) is 5.32 Å². The molecule has 0 aromatic heterocycles. The summed E-state index contributed by atoms with van der Waals surface area (Å²) in [6, 6.07) is 0.168. The van der Waals surface area contributed by atoms with Crippen LogP contribution in [-0.4, -0.2) is 32.0 Å². The van der Waals surface area contributed by atoms with Gasteiger partial charge in [0.15, 0.2) is 9.84 Å². The zero-order valence-corrected chi connectivity index (χ0v) is 13.8. The van der Waals surface area contributed by atoms with Gasteiger partial charge in [-0.15, -0.1) is 0 Å². The van der Waals surface area contributed by atoms with Gasteiger partial charge in [-0.05, 0) is 37.6 Å². The topological polar surface area (TPSA) is 46.2 Å². The third-order valence-corrected chi connectivity index (χ3v) is 7.10. The van der Waals surface area contributed by atoms with E-state index in [4.69, 9.17) is 0 Å². The molecule has 0 radical (unpaired) electrons. The Balaban J connectivity index is 2.82. The maximum Gasteiger partial charge on any atom is 0.154 e. The molecule has 0 aromatic rings. The van der Waals surface area contributed by atoms with Crippen molar-refractivity contribution < 1.29 is 8.42 Å². The van der Waals surface area contributed by atoms with Crippen molar-refractivity contribution in [2.24, 2.45) is 11.8 Å². The summed E-state index contributed by atoms with van der Waals surface area (Å²) in [5.74, 6) is 1.22. The highest BCUT2D eigenvalue weighted by Gasteiger charge is 2.38. The molecule has 4 heteroatoms. The normalized spacial score (nSPS) is 30.2. The second-order valence-corrected chi connectivity index (χ2v) is 8.40. The van der Waals surface area contributed by atoms with E-state index >= 15 is 0 Å². The van der Waals surface area contributed by atoms with Crippen LogP contribution in [0.15, 0.2) is 0 Å². The lowest BCUT2D eigenvalue weighted by Crippen LogP contribution is -2.49. The predicted molar refractivity (Wildman–Crippen MR) is 82.1 cm³/mol. The Morgan fingerprint density at radius 3 is 2.42 bits per heavy atom. The molecule has 0 aromatic carbocycles. The highest BCUT2D eigenvalue weighted by atomic mass is 32.2. The second kappa shape index (κ2) is 7.63. The Morgan fingerprint density at radius 1 is 1.21 bits per heavy atom. The zero-order chi connectivity index (χ0) is 14.5. The van der Waals surface area contributed by atoms with Gasteiger partial charge in [0.1, 0.15) is 0 Å². The maximum atomic E-state index is 12.7. The SMILES string of the molecule is CCNC1CCC(CC)CC1S(=O)(=O)CC(C)CC. The van der Waals surface area contributed by atoms with E-state index in [1.54, 1.807) is 0 Å². The summed E-state index contributed by atoms with van der Waals surface area (Å²) in [6.07, 6.45) is 5.08. The molecule has 1 rings (SSSR count). The first-order chi connectivity index (χ1) is 8.94. The number of sulfone groups is 1. The Bertz CT molecular complexity index is 353. The summed E-state index contributed by atoms with van der Waals surface area (Å²) in [5, 5.41) is 3.23. The first kappa shape index (κ1) is 17.0. The molecule has 0 aliphatic heterocycles. The van der Waals surface area contributed by atoms with Gasteiger partial charge in [0, 0.05) is 6.04 Å². The van der Waals surface area contributed by atoms with Gasteiger partial charge in [-0.2, -0.15) is 0 Å². The summed E-state index contributed by atoms with van der Waals surface area (Å²) < 4.78 is 25.3. The molecule has 4 atom stereocenters. The lowest BCUT2D eigenvalue weighted by Gasteiger charge is -2.36. The van der Waals surface area contributed by atoms with Gasteiger partial charge in [-0.1, -0.05) is 40.5 Å². The first-order valence-electron chi connectivity index (χ1n) is 7.89. The van der Waals surface area contributed by atoms with Gasteiger partial charge in [0.05, 0.1) is 11.0 Å². The van der Waals surface area contributed by atoms with Crippen molar-refractivity contribution in [2.75, 3.05) is 12.3 Å². The van der Waals surface area contributed by atoms with Crippen molar-refractivity contribution in [2.45, 2.75) is 71.1 Å². The molecule has 1 aliphatic carbocycles. The largest absolute Gasteiger partial charge is 0.313 e. The van der Waals surface area contributed by atoms with Crippen LogP contribution in [-0.2, 0) is 9.84 Å². The van der Waals surface area contributed by atoms with E-state index in [2.05, 4.69) is 26.1 Å². The molecule has 1 fully saturated rings. The molecule has 0 bridgehead atoms. The van der Waals surface area contributed by atoms with E-state index in [1.165, 1.54) is 6.42 Å². The van der Waals surface area contributed by atoms with Gasteiger partial charge < -0.3 is 5.32 Å². The van der Waals surface area contributed by atoms with Crippen LogP contribution in [0.25, 0.3) is 0 Å². The third-order valence-electron chi connectivity index (χ3n) is 4.62. The number of hydrogen-bond acceptors (Lipinski definition) is 3. The summed E-state index contributed by atoms with van der Waals surface area (Å²) >= 11 is 0. The summed E-state index contributed by atoms with van der Waals surface area (Å²) in [6.45, 7) is 9.20. The Kier molecular flexibility index (Phi) is 6.81. The van der Waals surface area contributed by atoms with Gasteiger partial charge in [0.25, 0.3) is 0 Å². The molecule has 0 spiro atoms. The van der Waals surface area contributed by atoms with E-state index in [9.17, 15) is 8.42 Å². The summed E-state index contributed by atoms with van der Waals surface area (Å²) in [5.41, 5.74) is 0. The molecule has 3 nitrogen and oxygen atoms in total. The van der Waals surface area contributed by atoms with Crippen LogP contribution in [0.1, 0.15) is 59.8 Å². The molecule has 0 amide bonds. The first-order valence-corrected chi connectivity index (χ1v) is 9.61. The monoisotopic (exact) mass is 289 g/mol. The van der Waals surface area contributed by atoms with Crippen LogP contribution in [0.2, 0.25) is 0 Å². The minimum Gasteiger partial charge on any atom is -0.313 e. The smallest absolute Gasteiger partial charge is 0.154 e. The van der Waals surface area contributed by atoms with Gasteiger partial charge in [0.2, 0.25) is 0 Å². The average molecular weight is 289 g/mol. The molecular formula is C15H31NO2S. The van der Waals surface area contributed by atoms with Gasteiger partial charge in [-0.3, -0.25) is 0 Å². The van der Waals surface area contributed by atoms with Gasteiger partial charge >= 0.3 is 0 Å². The molecule has 0 saturated heterocycles. The van der Waals surface area contributed by atoms with Crippen LogP contribution < -0.4 is 5.32 Å². The van der Waals surface area contributed by atoms with Crippen molar-refractivity contribution in [3.63, 3.8) is 0 Å². The fourth-order valence-corrected chi connectivity index (χ4v) is 5.69. The zero-order valence-electron chi connectivity index (χ0n) is 13.0. The fourth-order valence-electron chi connectivity index (χ4n) is 3.11. The molecule has 0 heterocycles. The van der Waals surface area contributed by atoms with Crippen molar-refractivity contribution in [1.29, 1.82) is 0 Å². The van der Waals surface area contributed by atoms with Crippen LogP contribution in [0, 0.1) is 11.8 Å². The van der Waals surface area contributed by atoms with Crippen LogP contribution in [0.3, 0.4) is 0 Å². The van der Waals surface area contributed by atoms with Crippen molar-refractivity contribution in [3.8, 4) is 0 Å². The molecule has 19 heavy (non-hydrogen) atoms. The van der Waals surface area contributed by atoms with Crippen LogP contribution in [0.4, 0.5) is 0 Å². The summed E-state index contributed by atoms with van der Waals surface area (Å²) in [7, 11) is -2.97. The lowest BCUT2D eigenvalue weighted by molar-refractivity contribution is 0.289. The highest BCUT2D eigenvalue weighted by molar-refractivity contribution is 7.92. The predicted octanol–water partition coefficient (Wildman–Crippen LogP) is 3.00. The molecule has 1 saturated carbocycles. The quantitative estimate of drug-likeness (QED) is 0.783. The van der Waals surface area contributed by atoms with E-state index in [0.29, 0.717) is 11.7 Å². The number of rotatable bonds is 7. The Hall–Kier alpha value is -0.0900. The molecule has 1 N–H and O–H groups in total. The van der Waals surface area contributed by atoms with Crippen molar-refractivity contribution >= 4 is 9.84 Å². The Morgan fingerprint density at radius 2 is 1.89 bits per heavy atom. The van der Waals surface area contributed by atoms with E-state index in [1.807, 2.05) is 6.92 Å². The van der Waals surface area contributed by atoms with E-state index < -0.39 is 9.84 Å². The summed E-state index contributed by atoms with van der Waals surface area (Å²) in [4.78, 5) is 0. The minimum absolute atomic E-state index is 0.167. The van der Waals surface area contributed by atoms with Crippen LogP contribution in [0.5, 0.6) is 0 Å². The maximum absolute atomic E-state index is 12.7. The van der Waals surface area contributed by atoms with E-state index in [-0.39, 0.29) is 17.2 Å². The molecule has 4 unspecified atom stereocenters. The molecule has 114 valence electrons. The average Bonchev–Trinajstić information content (AvgIpc) is 2.38. The Labute approximate surface area is 119 Å². The van der Waals surface area contributed by atoms with Gasteiger partial charge in [-0.25, -0.2) is 8.42 Å². The van der Waals surface area contributed by atoms with Crippen molar-refractivity contribution in [3.05, 3.63) is 0 Å². The number of nitrogens with one attached hydrogen (secondary N) is 1. The molecular weight excluding hydrogens is 258 g/mol. The number of hydrogen-bond donors (Lipinski definition) is 1. The van der Waals surface area contributed by atoms with Crippen LogP contribution >= 0.6 is 0 Å². The highest BCUT2D eigenvalue weighted by Crippen LogP contribution is 2.32.